The number of carboxylic acid groups (broad SMARTS) is 1. The van der Waals surface area contributed by atoms with E-state index in [1.165, 1.54) is 49.7 Å². The number of likely N-dealkylation sites (N-methyl/N-ethyl adjacent to an activating group) is 1. The van der Waals surface area contributed by atoms with Crippen LogP contribution in [0.2, 0.25) is 10.0 Å². The number of rotatable bonds is 11. The Labute approximate surface area is 285 Å². The molecule has 3 heterocycles. The van der Waals surface area contributed by atoms with Crippen molar-refractivity contribution in [2.75, 3.05) is 39.3 Å². The lowest BCUT2D eigenvalue weighted by molar-refractivity contribution is -0.904. The highest BCUT2D eigenvalue weighted by atomic mass is 35.5. The number of aromatic carboxylic acids is 1. The molecule has 248 valence electrons. The highest BCUT2D eigenvalue weighted by Crippen LogP contribution is 2.41. The van der Waals surface area contributed by atoms with Gasteiger partial charge in [-0.25, -0.2) is 14.0 Å². The molecule has 1 saturated heterocycles. The zero-order valence-electron chi connectivity index (χ0n) is 25.8. The summed E-state index contributed by atoms with van der Waals surface area (Å²) >= 11 is 14.0. The third kappa shape index (κ3) is 7.73. The van der Waals surface area contributed by atoms with Crippen LogP contribution in [0.1, 0.15) is 43.6 Å². The zero-order valence-corrected chi connectivity index (χ0v) is 28.1. The molecule has 2 aromatic carbocycles. The van der Waals surface area contributed by atoms with E-state index in [9.17, 15) is 19.9 Å². The molecule has 0 saturated carbocycles. The van der Waals surface area contributed by atoms with Crippen molar-refractivity contribution in [3.05, 3.63) is 103 Å². The number of ether oxygens (including phenoxy) is 3. The Kier molecular flexibility index (Phi) is 10.8. The summed E-state index contributed by atoms with van der Waals surface area (Å²) in [6.07, 6.45) is 2.25. The molecular formula is C33H33Cl2FN3O7S+. The summed E-state index contributed by atoms with van der Waals surface area (Å²) in [7, 11) is 4.93. The molecule has 2 atom stereocenters. The Bertz CT molecular complexity index is 1770. The summed E-state index contributed by atoms with van der Waals surface area (Å²) < 4.78 is 32.6. The first-order valence-electron chi connectivity index (χ1n) is 14.6. The van der Waals surface area contributed by atoms with Gasteiger partial charge < -0.3 is 24.2 Å². The van der Waals surface area contributed by atoms with Crippen molar-refractivity contribution in [3.8, 4) is 11.5 Å². The fourth-order valence-corrected chi connectivity index (χ4v) is 7.30. The number of halogens is 3. The van der Waals surface area contributed by atoms with Crippen LogP contribution in [0, 0.1) is 5.82 Å². The Balaban J connectivity index is 1.59. The summed E-state index contributed by atoms with van der Waals surface area (Å²) in [6, 6.07) is 12.8. The highest BCUT2D eigenvalue weighted by Gasteiger charge is 2.31. The molecular weight excluding hydrogens is 672 g/mol. The minimum atomic E-state index is -1.19. The van der Waals surface area contributed by atoms with Crippen molar-refractivity contribution >= 4 is 52.3 Å². The number of carboxylic acids is 1. The average molecular weight is 706 g/mol. The maximum absolute atomic E-state index is 15.1. The summed E-state index contributed by atoms with van der Waals surface area (Å²) in [5.74, 6) is -1.55. The maximum Gasteiger partial charge on any atom is 0.415 e. The summed E-state index contributed by atoms with van der Waals surface area (Å²) in [5, 5.41) is 20.7. The molecule has 0 aliphatic carbocycles. The van der Waals surface area contributed by atoms with E-state index in [1.54, 1.807) is 30.3 Å². The Morgan fingerprint density at radius 3 is 2.43 bits per heavy atom. The number of pyridine rings is 1. The largest absolute Gasteiger partial charge is 0.493 e. The summed E-state index contributed by atoms with van der Waals surface area (Å²) in [6.45, 7) is 1.17. The lowest BCUT2D eigenvalue weighted by atomic mass is 9.85. The lowest BCUT2D eigenvalue weighted by Gasteiger charge is -2.24. The number of hydrogen-bond donors (Lipinski definition) is 2. The molecule has 14 heteroatoms. The van der Waals surface area contributed by atoms with Crippen LogP contribution in [-0.4, -0.2) is 67.7 Å². The number of para-hydroxylation sites is 1. The Morgan fingerprint density at radius 1 is 1.11 bits per heavy atom. The van der Waals surface area contributed by atoms with Crippen LogP contribution in [0.4, 0.5) is 14.9 Å². The first kappa shape index (κ1) is 34.2. The van der Waals surface area contributed by atoms with Crippen LogP contribution in [0.25, 0.3) is 0 Å². The number of amides is 1. The number of aromatic nitrogens is 1. The third-order valence-corrected chi connectivity index (χ3v) is 9.74. The van der Waals surface area contributed by atoms with Crippen molar-refractivity contribution in [3.63, 3.8) is 0 Å². The van der Waals surface area contributed by atoms with Crippen molar-refractivity contribution < 1.29 is 43.2 Å². The van der Waals surface area contributed by atoms with Gasteiger partial charge in [0.2, 0.25) is 12.4 Å². The second-order valence-corrected chi connectivity index (χ2v) is 13.0. The number of likely N-dealkylation sites (tertiary alicyclic amines) is 1. The monoisotopic (exact) mass is 704 g/mol. The zero-order chi connectivity index (χ0) is 33.8. The lowest BCUT2D eigenvalue weighted by Crippen LogP contribution is -2.35. The Hall–Kier alpha value is -4.10. The van der Waals surface area contributed by atoms with E-state index in [2.05, 4.69) is 0 Å². The molecule has 0 unspecified atom stereocenters. The molecule has 1 fully saturated rings. The van der Waals surface area contributed by atoms with Gasteiger partial charge in [0.1, 0.15) is 26.8 Å². The predicted octanol–water partition coefficient (Wildman–Crippen LogP) is 6.66. The molecule has 1 aliphatic rings. The number of thiophene rings is 1. The fraction of sp³-hybridized carbons (Fsp3) is 0.303. The summed E-state index contributed by atoms with van der Waals surface area (Å²) in [5.41, 5.74) is 1.56. The average Bonchev–Trinajstić information content (AvgIpc) is 3.65. The van der Waals surface area contributed by atoms with Crippen molar-refractivity contribution in [1.82, 2.24) is 4.90 Å². The van der Waals surface area contributed by atoms with Crippen LogP contribution >= 0.6 is 34.5 Å². The van der Waals surface area contributed by atoms with E-state index in [-0.39, 0.29) is 39.7 Å². The quantitative estimate of drug-likeness (QED) is 0.132. The number of nitrogens with zero attached hydrogens (tertiary/aromatic N) is 3. The number of anilines is 1. The molecule has 10 nitrogen and oxygen atoms in total. The molecule has 4 aromatic rings. The van der Waals surface area contributed by atoms with E-state index in [1.807, 2.05) is 11.9 Å². The van der Waals surface area contributed by atoms with Crippen LogP contribution in [0.5, 0.6) is 11.5 Å². The van der Waals surface area contributed by atoms with E-state index in [0.717, 1.165) is 22.6 Å². The van der Waals surface area contributed by atoms with Crippen molar-refractivity contribution in [2.24, 2.45) is 0 Å². The molecule has 47 heavy (non-hydrogen) atoms. The third-order valence-electron chi connectivity index (χ3n) is 7.96. The van der Waals surface area contributed by atoms with Gasteiger partial charge in [0.15, 0.2) is 11.5 Å². The standard InChI is InChI=1S/C33H32Cl2FN3O7S/c1-37-11-10-20(15-37)46-33(42)39(28-7-5-4-6-27(28)36)16-21-13-23(31(47-21)32(40)41)22(14-24-25(34)17-38(43)18-26(24)35)19-8-9-29(44-2)30(12-19)45-3/h4-9,12-13,17-18,20,22H,10-11,14-16H2,1-3H3,(H-,40,41,43)/p+1/t20-,22+/m1/s1. The van der Waals surface area contributed by atoms with Crippen molar-refractivity contribution in [2.45, 2.75) is 31.4 Å². The molecule has 2 aromatic heterocycles. The van der Waals surface area contributed by atoms with Crippen LogP contribution < -0.4 is 19.1 Å². The van der Waals surface area contributed by atoms with Gasteiger partial charge in [0.05, 0.1) is 26.5 Å². The number of benzene rings is 2. The Morgan fingerprint density at radius 2 is 1.81 bits per heavy atom. The second-order valence-electron chi connectivity index (χ2n) is 11.1. The molecule has 2 N–H and O–H groups in total. The van der Waals surface area contributed by atoms with E-state index in [0.29, 0.717) is 46.0 Å². The first-order chi connectivity index (χ1) is 22.5. The predicted molar refractivity (Wildman–Crippen MR) is 175 cm³/mol. The highest BCUT2D eigenvalue weighted by molar-refractivity contribution is 7.14. The topological polar surface area (TPSA) is 113 Å². The maximum atomic E-state index is 15.1. The second kappa shape index (κ2) is 14.8. The van der Waals surface area contributed by atoms with Gasteiger partial charge >= 0.3 is 12.1 Å². The SMILES string of the molecule is COc1ccc([C@H](Cc2c(Cl)c[n+](O)cc2Cl)c2cc(CN(C(=O)O[C@@H]3CCN(C)C3)c3ccccc3F)sc2C(=O)O)cc1OC. The number of carbonyl (C=O) groups is 2. The van der Waals surface area contributed by atoms with Crippen LogP contribution in [0.15, 0.2) is 60.9 Å². The van der Waals surface area contributed by atoms with Crippen LogP contribution in [-0.2, 0) is 17.7 Å². The van der Waals surface area contributed by atoms with E-state index >= 15 is 4.39 Å². The van der Waals surface area contributed by atoms with Gasteiger partial charge in [-0.3, -0.25) is 10.1 Å². The smallest absolute Gasteiger partial charge is 0.415 e. The minimum Gasteiger partial charge on any atom is -0.493 e. The molecule has 1 aliphatic heterocycles. The molecule has 5 rings (SSSR count). The van der Waals surface area contributed by atoms with E-state index < -0.39 is 23.8 Å². The van der Waals surface area contributed by atoms with Gasteiger partial charge in [-0.2, -0.15) is 0 Å². The van der Waals surface area contributed by atoms with Crippen molar-refractivity contribution in [1.29, 1.82) is 0 Å². The van der Waals surface area contributed by atoms with Gasteiger partial charge in [-0.15, -0.1) is 11.3 Å². The van der Waals surface area contributed by atoms with E-state index in [4.69, 9.17) is 37.4 Å². The molecule has 0 radical (unpaired) electrons. The normalized spacial score (nSPS) is 15.3. The summed E-state index contributed by atoms with van der Waals surface area (Å²) in [4.78, 5) is 30.0. The van der Waals surface area contributed by atoms with Gasteiger partial charge in [-0.1, -0.05) is 41.4 Å². The number of hydrogen-bond acceptors (Lipinski definition) is 8. The molecule has 1 amide bonds. The number of carbonyl (C=O) groups excluding carboxylic acids is 1. The fourth-order valence-electron chi connectivity index (χ4n) is 5.65. The van der Waals surface area contributed by atoms with Crippen LogP contribution in [0.3, 0.4) is 0 Å². The minimum absolute atomic E-state index is 0.00674. The van der Waals surface area contributed by atoms with Gasteiger partial charge in [0, 0.05) is 34.2 Å². The first-order valence-corrected chi connectivity index (χ1v) is 16.1. The van der Waals surface area contributed by atoms with Gasteiger partial charge in [-0.05, 0) is 61.3 Å². The van der Waals surface area contributed by atoms with Gasteiger partial charge in [0.25, 0.3) is 0 Å². The molecule has 0 bridgehead atoms. The number of methoxy groups -OCH3 is 2. The molecule has 0 spiro atoms.